The number of esters is 2. The van der Waals surface area contributed by atoms with E-state index in [4.69, 9.17) is 10.00 Å². The van der Waals surface area contributed by atoms with Crippen molar-refractivity contribution in [2.75, 3.05) is 13.7 Å². The maximum Gasteiger partial charge on any atom is 0.337 e. The molecule has 1 aromatic carbocycles. The second-order valence-corrected chi connectivity index (χ2v) is 5.23. The van der Waals surface area contributed by atoms with E-state index in [9.17, 15) is 9.59 Å². The molecule has 1 rings (SSSR count). The third-order valence-electron chi connectivity index (χ3n) is 3.62. The van der Waals surface area contributed by atoms with Gasteiger partial charge in [0, 0.05) is 6.42 Å². The lowest BCUT2D eigenvalue weighted by atomic mass is 9.95. The van der Waals surface area contributed by atoms with Gasteiger partial charge >= 0.3 is 11.9 Å². The standard InChI is InChI=1S/C18H23NO4/c1-3-23-18(21)15(8-5-13-19)7-4-6-14-9-11-16(12-10-14)17(20)22-2/h9-12,15H,3-8H2,1-2H3. The number of carbonyl (C=O) groups excluding carboxylic acids is 2. The highest BCUT2D eigenvalue weighted by atomic mass is 16.5. The van der Waals surface area contributed by atoms with Crippen LogP contribution in [0.3, 0.4) is 0 Å². The van der Waals surface area contributed by atoms with Gasteiger partial charge in [0.2, 0.25) is 0 Å². The molecule has 0 saturated carbocycles. The van der Waals surface area contributed by atoms with Crippen LogP contribution in [-0.2, 0) is 20.7 Å². The molecule has 1 unspecified atom stereocenters. The molecule has 0 spiro atoms. The van der Waals surface area contributed by atoms with Crippen molar-refractivity contribution in [2.45, 2.75) is 39.0 Å². The van der Waals surface area contributed by atoms with Crippen LogP contribution in [0.2, 0.25) is 0 Å². The highest BCUT2D eigenvalue weighted by Crippen LogP contribution is 2.18. The van der Waals surface area contributed by atoms with Crippen LogP contribution >= 0.6 is 0 Å². The first-order valence-electron chi connectivity index (χ1n) is 7.83. The molecule has 0 radical (unpaired) electrons. The predicted molar refractivity (Wildman–Crippen MR) is 85.7 cm³/mol. The topological polar surface area (TPSA) is 76.4 Å². The summed E-state index contributed by atoms with van der Waals surface area (Å²) >= 11 is 0. The molecule has 23 heavy (non-hydrogen) atoms. The molecule has 0 saturated heterocycles. The number of nitrogens with zero attached hydrogens (tertiary/aromatic N) is 1. The molecule has 0 fully saturated rings. The van der Waals surface area contributed by atoms with E-state index in [0.29, 0.717) is 31.4 Å². The molecular formula is C18H23NO4. The Hall–Kier alpha value is -2.35. The van der Waals surface area contributed by atoms with Crippen molar-refractivity contribution in [3.8, 4) is 6.07 Å². The molecule has 0 aliphatic heterocycles. The highest BCUT2D eigenvalue weighted by molar-refractivity contribution is 5.89. The molecule has 1 aromatic rings. The Morgan fingerprint density at radius 1 is 1.22 bits per heavy atom. The number of benzene rings is 1. The Labute approximate surface area is 137 Å². The monoisotopic (exact) mass is 317 g/mol. The van der Waals surface area contributed by atoms with E-state index in [1.54, 1.807) is 19.1 Å². The first-order valence-corrected chi connectivity index (χ1v) is 7.83. The highest BCUT2D eigenvalue weighted by Gasteiger charge is 2.19. The van der Waals surface area contributed by atoms with E-state index >= 15 is 0 Å². The molecule has 0 bridgehead atoms. The number of methoxy groups -OCH3 is 1. The number of hydrogen-bond acceptors (Lipinski definition) is 5. The van der Waals surface area contributed by atoms with Crippen LogP contribution in [0.15, 0.2) is 24.3 Å². The molecule has 0 heterocycles. The lowest BCUT2D eigenvalue weighted by Gasteiger charge is -2.14. The van der Waals surface area contributed by atoms with Gasteiger partial charge in [-0.05, 0) is 50.3 Å². The van der Waals surface area contributed by atoms with Gasteiger partial charge in [0.15, 0.2) is 0 Å². The van der Waals surface area contributed by atoms with Crippen molar-refractivity contribution >= 4 is 11.9 Å². The molecule has 0 N–H and O–H groups in total. The van der Waals surface area contributed by atoms with Gasteiger partial charge in [-0.15, -0.1) is 0 Å². The zero-order valence-corrected chi connectivity index (χ0v) is 13.7. The van der Waals surface area contributed by atoms with Gasteiger partial charge in [-0.1, -0.05) is 12.1 Å². The number of ether oxygens (including phenoxy) is 2. The normalized spacial score (nSPS) is 11.3. The van der Waals surface area contributed by atoms with Crippen LogP contribution in [0, 0.1) is 17.2 Å². The molecule has 0 aromatic heterocycles. The van der Waals surface area contributed by atoms with Gasteiger partial charge in [-0.25, -0.2) is 4.79 Å². The summed E-state index contributed by atoms with van der Waals surface area (Å²) < 4.78 is 9.72. The molecular weight excluding hydrogens is 294 g/mol. The number of aryl methyl sites for hydroxylation is 1. The number of carbonyl (C=O) groups is 2. The molecule has 1 atom stereocenters. The van der Waals surface area contributed by atoms with Gasteiger partial charge in [-0.3, -0.25) is 4.79 Å². The second kappa shape index (κ2) is 10.4. The van der Waals surface area contributed by atoms with Crippen molar-refractivity contribution in [2.24, 2.45) is 5.92 Å². The minimum atomic E-state index is -0.351. The Kier molecular flexibility index (Phi) is 8.45. The predicted octanol–water partition coefficient (Wildman–Crippen LogP) is 3.28. The fraction of sp³-hybridized carbons (Fsp3) is 0.500. The Bertz CT molecular complexity index is 545. The third-order valence-corrected chi connectivity index (χ3v) is 3.62. The van der Waals surface area contributed by atoms with Crippen LogP contribution < -0.4 is 0 Å². The van der Waals surface area contributed by atoms with Gasteiger partial charge in [-0.2, -0.15) is 5.26 Å². The average molecular weight is 317 g/mol. The van der Waals surface area contributed by atoms with Gasteiger partial charge in [0.05, 0.1) is 31.3 Å². The van der Waals surface area contributed by atoms with Gasteiger partial charge in [0.25, 0.3) is 0 Å². The first-order chi connectivity index (χ1) is 11.1. The summed E-state index contributed by atoms with van der Waals surface area (Å²) in [7, 11) is 1.35. The lowest BCUT2D eigenvalue weighted by Crippen LogP contribution is -2.18. The Balaban J connectivity index is 2.50. The molecule has 5 nitrogen and oxygen atoms in total. The van der Waals surface area contributed by atoms with E-state index < -0.39 is 0 Å². The summed E-state index contributed by atoms with van der Waals surface area (Å²) in [6, 6.07) is 9.33. The van der Waals surface area contributed by atoms with Crippen molar-refractivity contribution in [3.05, 3.63) is 35.4 Å². The van der Waals surface area contributed by atoms with E-state index in [1.165, 1.54) is 7.11 Å². The van der Waals surface area contributed by atoms with E-state index in [2.05, 4.69) is 10.8 Å². The minimum absolute atomic E-state index is 0.219. The van der Waals surface area contributed by atoms with Crippen molar-refractivity contribution < 1.29 is 19.1 Å². The van der Waals surface area contributed by atoms with Crippen molar-refractivity contribution in [1.29, 1.82) is 5.26 Å². The first kappa shape index (κ1) is 18.7. The Morgan fingerprint density at radius 3 is 2.48 bits per heavy atom. The quantitative estimate of drug-likeness (QED) is 0.653. The summed E-state index contributed by atoms with van der Waals surface area (Å²) in [4.78, 5) is 23.2. The zero-order chi connectivity index (χ0) is 17.1. The van der Waals surface area contributed by atoms with Crippen molar-refractivity contribution in [1.82, 2.24) is 0 Å². The maximum absolute atomic E-state index is 11.9. The third kappa shape index (κ3) is 6.52. The summed E-state index contributed by atoms with van der Waals surface area (Å²) in [5.74, 6) is -0.789. The second-order valence-electron chi connectivity index (χ2n) is 5.23. The molecule has 5 heteroatoms. The largest absolute Gasteiger partial charge is 0.466 e. The maximum atomic E-state index is 11.9. The molecule has 124 valence electrons. The van der Waals surface area contributed by atoms with Crippen molar-refractivity contribution in [3.63, 3.8) is 0 Å². The Morgan fingerprint density at radius 2 is 1.91 bits per heavy atom. The van der Waals surface area contributed by atoms with Gasteiger partial charge in [0.1, 0.15) is 0 Å². The summed E-state index contributed by atoms with van der Waals surface area (Å²) in [6.45, 7) is 2.14. The fourth-order valence-electron chi connectivity index (χ4n) is 2.36. The number of rotatable bonds is 9. The average Bonchev–Trinajstić information content (AvgIpc) is 2.58. The molecule has 0 aliphatic carbocycles. The minimum Gasteiger partial charge on any atom is -0.466 e. The van der Waals surface area contributed by atoms with Crippen LogP contribution in [0.5, 0.6) is 0 Å². The fourth-order valence-corrected chi connectivity index (χ4v) is 2.36. The van der Waals surface area contributed by atoms with Crippen LogP contribution in [-0.4, -0.2) is 25.7 Å². The van der Waals surface area contributed by atoms with Crippen LogP contribution in [0.25, 0.3) is 0 Å². The number of hydrogen-bond donors (Lipinski definition) is 0. The van der Waals surface area contributed by atoms with Gasteiger partial charge < -0.3 is 9.47 Å². The zero-order valence-electron chi connectivity index (χ0n) is 13.7. The molecule has 0 amide bonds. The van der Waals surface area contributed by atoms with Crippen LogP contribution in [0.1, 0.15) is 48.5 Å². The van der Waals surface area contributed by atoms with E-state index in [1.807, 2.05) is 12.1 Å². The SMILES string of the molecule is CCOC(=O)C(CCC#N)CCCc1ccc(C(=O)OC)cc1. The van der Waals surface area contributed by atoms with E-state index in [0.717, 1.165) is 18.4 Å². The smallest absolute Gasteiger partial charge is 0.337 e. The summed E-state index contributed by atoms with van der Waals surface area (Å²) in [6.07, 6.45) is 3.23. The van der Waals surface area contributed by atoms with Crippen LogP contribution in [0.4, 0.5) is 0 Å². The summed E-state index contributed by atoms with van der Waals surface area (Å²) in [5, 5.41) is 8.68. The summed E-state index contributed by atoms with van der Waals surface area (Å²) in [5.41, 5.74) is 1.62. The number of nitriles is 1. The van der Waals surface area contributed by atoms with E-state index in [-0.39, 0.29) is 17.9 Å². The molecule has 0 aliphatic rings. The lowest BCUT2D eigenvalue weighted by molar-refractivity contribution is -0.148.